The predicted molar refractivity (Wildman–Crippen MR) is 109 cm³/mol. The Morgan fingerprint density at radius 1 is 1.00 bits per heavy atom. The monoisotopic (exact) mass is 413 g/mol. The molecule has 1 aromatic heterocycles. The summed E-state index contributed by atoms with van der Waals surface area (Å²) in [7, 11) is -4.02. The van der Waals surface area contributed by atoms with Crippen LogP contribution in [0.15, 0.2) is 51.1 Å². The molecule has 0 aliphatic carbocycles. The molecule has 0 radical (unpaired) electrons. The van der Waals surface area contributed by atoms with Crippen LogP contribution in [0, 0.1) is 13.8 Å². The smallest absolute Gasteiger partial charge is 0.282 e. The van der Waals surface area contributed by atoms with Crippen LogP contribution in [0.2, 0.25) is 0 Å². The molecule has 1 heterocycles. The fourth-order valence-electron chi connectivity index (χ4n) is 2.08. The minimum atomic E-state index is -4.02. The molecule has 0 spiro atoms. The maximum Gasteiger partial charge on any atom is 0.294 e. The van der Waals surface area contributed by atoms with Crippen molar-refractivity contribution < 1.29 is 13.0 Å². The first-order valence-electron chi connectivity index (χ1n) is 7.28. The van der Waals surface area contributed by atoms with Gasteiger partial charge >= 0.3 is 0 Å². The second-order valence-corrected chi connectivity index (χ2v) is 9.55. The van der Waals surface area contributed by atoms with Crippen molar-refractivity contribution in [3.05, 3.63) is 47.0 Å². The molecule has 0 saturated heterocycles. The number of thiazole rings is 1. The van der Waals surface area contributed by atoms with Crippen LogP contribution in [0.1, 0.15) is 10.6 Å². The third kappa shape index (κ3) is 5.46. The Hall–Kier alpha value is -1.06. The van der Waals surface area contributed by atoms with E-state index < -0.39 is 10.1 Å². The molecule has 0 fully saturated rings. The molecule has 0 unspecified atom stereocenters. The van der Waals surface area contributed by atoms with Gasteiger partial charge in [-0.1, -0.05) is 17.7 Å². The zero-order chi connectivity index (χ0) is 18.6. The molecule has 1 N–H and O–H groups in total. The predicted octanol–water partition coefficient (Wildman–Crippen LogP) is 5.29. The topological polar surface area (TPSA) is 67.3 Å². The molecule has 0 aliphatic rings. The summed E-state index contributed by atoms with van der Waals surface area (Å²) in [5, 5.41) is 1.14. The van der Waals surface area contributed by atoms with E-state index in [0.717, 1.165) is 16.1 Å². The summed E-state index contributed by atoms with van der Waals surface area (Å²) in [6.45, 7) is 3.90. The molecule has 25 heavy (non-hydrogen) atoms. The highest BCUT2D eigenvalue weighted by molar-refractivity contribution is 8.01. The van der Waals surface area contributed by atoms with E-state index in [1.165, 1.54) is 26.6 Å². The van der Waals surface area contributed by atoms with Gasteiger partial charge in [0.1, 0.15) is 0 Å². The van der Waals surface area contributed by atoms with Gasteiger partial charge in [0.2, 0.25) is 0 Å². The average molecular weight is 414 g/mol. The van der Waals surface area contributed by atoms with E-state index in [0.29, 0.717) is 0 Å². The molecule has 2 aromatic carbocycles. The van der Waals surface area contributed by atoms with Crippen molar-refractivity contribution in [2.75, 3.05) is 12.5 Å². The normalized spacial score (nSPS) is 11.2. The summed E-state index contributed by atoms with van der Waals surface area (Å²) < 4.78 is 30.8. The number of aromatic nitrogens is 1. The van der Waals surface area contributed by atoms with Gasteiger partial charge in [0.25, 0.3) is 10.1 Å². The van der Waals surface area contributed by atoms with Crippen LogP contribution in [0.4, 0.5) is 0 Å². The Bertz CT molecular complexity index is 922. The van der Waals surface area contributed by atoms with Gasteiger partial charge in [-0.15, -0.1) is 34.9 Å². The van der Waals surface area contributed by atoms with E-state index in [1.54, 1.807) is 47.0 Å². The quantitative estimate of drug-likeness (QED) is 0.465. The summed E-state index contributed by atoms with van der Waals surface area (Å²) in [4.78, 5) is 7.11. The van der Waals surface area contributed by atoms with E-state index in [2.05, 4.69) is 36.6 Å². The lowest BCUT2D eigenvalue weighted by Gasteiger charge is -2.03. The SMILES string of the molecule is CSc1cc2nc(C)sc2cc1SC.Cc1ccc(S(=O)(=O)O)cc1. The molecule has 0 amide bonds. The Balaban J connectivity index is 0.000000186. The Morgan fingerprint density at radius 2 is 1.56 bits per heavy atom. The van der Waals surface area contributed by atoms with Crippen molar-refractivity contribution in [2.24, 2.45) is 0 Å². The first-order chi connectivity index (χ1) is 11.7. The molecule has 4 nitrogen and oxygen atoms in total. The van der Waals surface area contributed by atoms with Crippen molar-refractivity contribution in [2.45, 2.75) is 28.5 Å². The van der Waals surface area contributed by atoms with Gasteiger partial charge in [0, 0.05) is 9.79 Å². The van der Waals surface area contributed by atoms with Gasteiger partial charge in [-0.2, -0.15) is 8.42 Å². The zero-order valence-corrected chi connectivity index (χ0v) is 17.6. The molecule has 0 saturated carbocycles. The van der Waals surface area contributed by atoms with E-state index in [-0.39, 0.29) is 4.90 Å². The van der Waals surface area contributed by atoms with Crippen LogP contribution in [-0.2, 0) is 10.1 Å². The van der Waals surface area contributed by atoms with Gasteiger partial charge in [-0.25, -0.2) is 4.98 Å². The maximum atomic E-state index is 10.5. The van der Waals surface area contributed by atoms with E-state index in [9.17, 15) is 8.42 Å². The largest absolute Gasteiger partial charge is 0.294 e. The Morgan fingerprint density at radius 3 is 2.08 bits per heavy atom. The second-order valence-electron chi connectivity index (χ2n) is 5.20. The number of aryl methyl sites for hydroxylation is 2. The number of hydrogen-bond donors (Lipinski definition) is 1. The summed E-state index contributed by atoms with van der Waals surface area (Å²) in [6.07, 6.45) is 4.23. The molecule has 8 heteroatoms. The first-order valence-corrected chi connectivity index (χ1v) is 12.0. The first kappa shape index (κ1) is 20.3. The number of fused-ring (bicyclic) bond motifs is 1. The summed E-state index contributed by atoms with van der Waals surface area (Å²) in [5.74, 6) is 0. The Kier molecular flexibility index (Phi) is 6.93. The van der Waals surface area contributed by atoms with Gasteiger partial charge < -0.3 is 0 Å². The van der Waals surface area contributed by atoms with Crippen molar-refractivity contribution in [3.63, 3.8) is 0 Å². The molecule has 3 rings (SSSR count). The van der Waals surface area contributed by atoms with Gasteiger partial charge in [0.15, 0.2) is 0 Å². The summed E-state index contributed by atoms with van der Waals surface area (Å²) in [5.41, 5.74) is 2.09. The van der Waals surface area contributed by atoms with Crippen LogP contribution >= 0.6 is 34.9 Å². The van der Waals surface area contributed by atoms with Gasteiger partial charge in [-0.3, -0.25) is 4.55 Å². The summed E-state index contributed by atoms with van der Waals surface area (Å²) in [6, 6.07) is 10.4. The number of benzene rings is 2. The van der Waals surface area contributed by atoms with Crippen LogP contribution in [0.3, 0.4) is 0 Å². The molecule has 3 aromatic rings. The van der Waals surface area contributed by atoms with Crippen LogP contribution in [-0.4, -0.2) is 30.5 Å². The van der Waals surface area contributed by atoms with Crippen LogP contribution in [0.5, 0.6) is 0 Å². The van der Waals surface area contributed by atoms with Crippen molar-refractivity contribution in [1.29, 1.82) is 0 Å². The summed E-state index contributed by atoms with van der Waals surface area (Å²) >= 11 is 5.36. The minimum absolute atomic E-state index is 0.0666. The van der Waals surface area contributed by atoms with Crippen molar-refractivity contribution >= 4 is 55.2 Å². The fourth-order valence-corrected chi connectivity index (χ4v) is 4.97. The van der Waals surface area contributed by atoms with E-state index >= 15 is 0 Å². The van der Waals surface area contributed by atoms with E-state index in [4.69, 9.17) is 4.55 Å². The third-order valence-corrected chi connectivity index (χ3v) is 6.81. The Labute approximate surface area is 160 Å². The zero-order valence-electron chi connectivity index (χ0n) is 14.3. The highest BCUT2D eigenvalue weighted by Gasteiger charge is 2.07. The number of rotatable bonds is 3. The number of nitrogens with zero attached hydrogens (tertiary/aromatic N) is 1. The fraction of sp³-hybridized carbons (Fsp3) is 0.235. The molecular formula is C17H19NO3S4. The lowest BCUT2D eigenvalue weighted by Crippen LogP contribution is -1.96. The molecule has 0 aliphatic heterocycles. The third-order valence-electron chi connectivity index (χ3n) is 3.32. The average Bonchev–Trinajstić information content (AvgIpc) is 2.92. The highest BCUT2D eigenvalue weighted by Crippen LogP contribution is 2.34. The highest BCUT2D eigenvalue weighted by atomic mass is 32.2. The maximum absolute atomic E-state index is 10.5. The van der Waals surface area contributed by atoms with E-state index in [1.807, 2.05) is 6.92 Å². The molecular weight excluding hydrogens is 394 g/mol. The molecule has 134 valence electrons. The van der Waals surface area contributed by atoms with Crippen molar-refractivity contribution in [3.8, 4) is 0 Å². The standard InChI is InChI=1S/C10H11NS3.C7H8O3S/c1-6-11-7-4-9(12-2)10(13-3)5-8(7)14-6;1-6-2-4-7(5-3-6)11(8,9)10/h4-5H,1-3H3;2-5H,1H3,(H,8,9,10). The lowest BCUT2D eigenvalue weighted by molar-refractivity contribution is 0.483. The minimum Gasteiger partial charge on any atom is -0.282 e. The van der Waals surface area contributed by atoms with Crippen LogP contribution in [0.25, 0.3) is 10.2 Å². The molecule has 0 atom stereocenters. The van der Waals surface area contributed by atoms with Gasteiger partial charge in [0.05, 0.1) is 20.1 Å². The number of thioether (sulfide) groups is 2. The number of hydrogen-bond acceptors (Lipinski definition) is 6. The van der Waals surface area contributed by atoms with Gasteiger partial charge in [-0.05, 0) is 50.6 Å². The lowest BCUT2D eigenvalue weighted by atomic mass is 10.2. The van der Waals surface area contributed by atoms with Crippen LogP contribution < -0.4 is 0 Å². The second kappa shape index (κ2) is 8.55. The van der Waals surface area contributed by atoms with Crippen molar-refractivity contribution in [1.82, 2.24) is 4.98 Å². The molecule has 0 bridgehead atoms.